The highest BCUT2D eigenvalue weighted by atomic mass is 32.2. The van der Waals surface area contributed by atoms with E-state index in [1.54, 1.807) is 24.3 Å². The van der Waals surface area contributed by atoms with E-state index < -0.39 is 5.25 Å². The van der Waals surface area contributed by atoms with Crippen LogP contribution in [0.15, 0.2) is 29.3 Å². The van der Waals surface area contributed by atoms with Gasteiger partial charge in [-0.15, -0.1) is 0 Å². The van der Waals surface area contributed by atoms with Gasteiger partial charge < -0.3 is 5.32 Å². The van der Waals surface area contributed by atoms with E-state index in [-0.39, 0.29) is 24.1 Å². The number of hydrogen-bond acceptors (Lipinski definition) is 6. The summed E-state index contributed by atoms with van der Waals surface area (Å²) >= 11 is 1.16. The van der Waals surface area contributed by atoms with Gasteiger partial charge in [0, 0.05) is 24.7 Å². The first-order chi connectivity index (χ1) is 13.7. The second-order valence-electron chi connectivity index (χ2n) is 6.85. The van der Waals surface area contributed by atoms with Crippen molar-refractivity contribution in [3.05, 3.63) is 46.6 Å². The average molecular weight is 408 g/mol. The van der Waals surface area contributed by atoms with Gasteiger partial charge in [0.25, 0.3) is 0 Å². The zero-order valence-corrected chi connectivity index (χ0v) is 17.4. The molecule has 1 aliphatic heterocycles. The van der Waals surface area contributed by atoms with Crippen LogP contribution >= 0.6 is 11.8 Å². The Hall–Kier alpha value is -3.18. The van der Waals surface area contributed by atoms with Crippen LogP contribution in [0.25, 0.3) is 0 Å². The van der Waals surface area contributed by atoms with Crippen molar-refractivity contribution in [2.45, 2.75) is 44.4 Å². The molecular formula is C21H20N4O3S. The summed E-state index contributed by atoms with van der Waals surface area (Å²) in [6.07, 6.45) is 0.0372. The molecule has 1 unspecified atom stereocenters. The lowest BCUT2D eigenvalue weighted by atomic mass is 10.1. The number of nitrogens with one attached hydrogen (secondary N) is 1. The Labute approximate surface area is 173 Å². The maximum absolute atomic E-state index is 12.9. The maximum atomic E-state index is 12.9. The molecule has 1 atom stereocenters. The predicted octanol–water partition coefficient (Wildman–Crippen LogP) is 3.26. The number of benzene rings is 1. The highest BCUT2D eigenvalue weighted by Crippen LogP contribution is 2.36. The Morgan fingerprint density at radius 3 is 2.45 bits per heavy atom. The van der Waals surface area contributed by atoms with E-state index >= 15 is 0 Å². The lowest BCUT2D eigenvalue weighted by Crippen LogP contribution is -2.31. The van der Waals surface area contributed by atoms with Crippen LogP contribution in [0.5, 0.6) is 0 Å². The number of rotatable bonds is 4. The first kappa shape index (κ1) is 20.6. The van der Waals surface area contributed by atoms with Crippen molar-refractivity contribution in [3.8, 4) is 6.07 Å². The van der Waals surface area contributed by atoms with E-state index in [0.717, 1.165) is 33.5 Å². The van der Waals surface area contributed by atoms with E-state index in [0.29, 0.717) is 22.0 Å². The summed E-state index contributed by atoms with van der Waals surface area (Å²) in [5, 5.41) is 12.0. The van der Waals surface area contributed by atoms with Crippen LogP contribution in [0.1, 0.15) is 35.7 Å². The fourth-order valence-electron chi connectivity index (χ4n) is 3.13. The fourth-order valence-corrected chi connectivity index (χ4v) is 4.34. The Morgan fingerprint density at radius 2 is 1.86 bits per heavy atom. The summed E-state index contributed by atoms with van der Waals surface area (Å²) in [5.41, 5.74) is 4.05. The number of aryl methyl sites for hydroxylation is 1. The first-order valence-corrected chi connectivity index (χ1v) is 9.90. The van der Waals surface area contributed by atoms with Crippen LogP contribution in [0.4, 0.5) is 11.4 Å². The van der Waals surface area contributed by atoms with Gasteiger partial charge in [-0.2, -0.15) is 5.26 Å². The molecule has 1 fully saturated rings. The van der Waals surface area contributed by atoms with E-state index in [1.165, 1.54) is 6.92 Å². The van der Waals surface area contributed by atoms with Crippen LogP contribution in [0, 0.1) is 32.1 Å². The molecule has 0 aliphatic carbocycles. The largest absolute Gasteiger partial charge is 0.326 e. The highest BCUT2D eigenvalue weighted by molar-refractivity contribution is 8.00. The van der Waals surface area contributed by atoms with Gasteiger partial charge in [-0.1, -0.05) is 11.8 Å². The Kier molecular flexibility index (Phi) is 5.71. The number of carbonyl (C=O) groups excluding carboxylic acids is 3. The zero-order chi connectivity index (χ0) is 21.3. The van der Waals surface area contributed by atoms with Gasteiger partial charge in [0.05, 0.1) is 16.5 Å². The number of nitrogens with zero attached hydrogens (tertiary/aromatic N) is 3. The molecule has 7 nitrogen and oxygen atoms in total. The summed E-state index contributed by atoms with van der Waals surface area (Å²) in [6, 6.07) is 8.68. The summed E-state index contributed by atoms with van der Waals surface area (Å²) in [7, 11) is 0. The molecule has 29 heavy (non-hydrogen) atoms. The molecule has 1 N–H and O–H groups in total. The monoisotopic (exact) mass is 408 g/mol. The Bertz CT molecular complexity index is 1060. The average Bonchev–Trinajstić information content (AvgIpc) is 2.94. The van der Waals surface area contributed by atoms with E-state index in [4.69, 9.17) is 0 Å². The summed E-state index contributed by atoms with van der Waals surface area (Å²) < 4.78 is 0. The minimum atomic E-state index is -0.640. The van der Waals surface area contributed by atoms with E-state index in [9.17, 15) is 19.6 Å². The SMILES string of the molecule is CC(=O)Nc1ccc(N2C(=O)CC(Sc3nc(C)c(C)c(C)c3C#N)C2=O)cc1. The van der Waals surface area contributed by atoms with Gasteiger partial charge in [0.2, 0.25) is 17.7 Å². The smallest absolute Gasteiger partial charge is 0.247 e. The van der Waals surface area contributed by atoms with Gasteiger partial charge in [0.15, 0.2) is 0 Å². The van der Waals surface area contributed by atoms with Crippen LogP contribution in [-0.4, -0.2) is 28.0 Å². The third-order valence-electron chi connectivity index (χ3n) is 4.88. The maximum Gasteiger partial charge on any atom is 0.247 e. The quantitative estimate of drug-likeness (QED) is 0.779. The number of pyridine rings is 1. The molecule has 0 saturated carbocycles. The molecule has 0 spiro atoms. The van der Waals surface area contributed by atoms with Crippen LogP contribution in [0.3, 0.4) is 0 Å². The van der Waals surface area contributed by atoms with Gasteiger partial charge in [-0.25, -0.2) is 9.88 Å². The minimum absolute atomic E-state index is 0.0372. The molecule has 0 bridgehead atoms. The van der Waals surface area contributed by atoms with Crippen molar-refractivity contribution >= 4 is 40.9 Å². The van der Waals surface area contributed by atoms with E-state index in [2.05, 4.69) is 16.4 Å². The van der Waals surface area contributed by atoms with Crippen LogP contribution in [-0.2, 0) is 14.4 Å². The topological polar surface area (TPSA) is 103 Å². The van der Waals surface area contributed by atoms with Crippen LogP contribution in [0.2, 0.25) is 0 Å². The minimum Gasteiger partial charge on any atom is -0.326 e. The number of imide groups is 1. The second-order valence-corrected chi connectivity index (χ2v) is 8.04. The molecule has 8 heteroatoms. The Morgan fingerprint density at radius 1 is 1.21 bits per heavy atom. The van der Waals surface area contributed by atoms with Gasteiger partial charge >= 0.3 is 0 Å². The molecule has 0 radical (unpaired) electrons. The molecule has 1 saturated heterocycles. The van der Waals surface area contributed by atoms with E-state index in [1.807, 2.05) is 20.8 Å². The molecule has 2 heterocycles. The lowest BCUT2D eigenvalue weighted by molar-refractivity contribution is -0.121. The van der Waals surface area contributed by atoms with Crippen molar-refractivity contribution < 1.29 is 14.4 Å². The molecule has 2 aromatic rings. The number of hydrogen-bond donors (Lipinski definition) is 1. The third-order valence-corrected chi connectivity index (χ3v) is 6.05. The number of anilines is 2. The Balaban J connectivity index is 1.85. The number of thioether (sulfide) groups is 1. The normalized spacial score (nSPS) is 16.1. The van der Waals surface area contributed by atoms with Crippen molar-refractivity contribution in [1.29, 1.82) is 5.26 Å². The molecule has 1 aromatic carbocycles. The van der Waals surface area contributed by atoms with Gasteiger partial charge in [-0.05, 0) is 56.2 Å². The van der Waals surface area contributed by atoms with Crippen molar-refractivity contribution in [3.63, 3.8) is 0 Å². The summed E-state index contributed by atoms with van der Waals surface area (Å²) in [5.74, 6) is -0.847. The first-order valence-electron chi connectivity index (χ1n) is 9.02. The lowest BCUT2D eigenvalue weighted by Gasteiger charge is -2.16. The van der Waals surface area contributed by atoms with Crippen molar-refractivity contribution in [1.82, 2.24) is 4.98 Å². The zero-order valence-electron chi connectivity index (χ0n) is 16.6. The van der Waals surface area contributed by atoms with Crippen LogP contribution < -0.4 is 10.2 Å². The molecular weight excluding hydrogens is 388 g/mol. The predicted molar refractivity (Wildman–Crippen MR) is 111 cm³/mol. The second kappa shape index (κ2) is 8.05. The number of amides is 3. The van der Waals surface area contributed by atoms with Gasteiger partial charge in [0.1, 0.15) is 11.1 Å². The third kappa shape index (κ3) is 4.00. The molecule has 3 amide bonds. The molecule has 1 aliphatic rings. The highest BCUT2D eigenvalue weighted by Gasteiger charge is 2.41. The summed E-state index contributed by atoms with van der Waals surface area (Å²) in [6.45, 7) is 7.03. The number of aromatic nitrogens is 1. The molecule has 1 aromatic heterocycles. The standard InChI is InChI=1S/C21H20N4O3S/c1-11-12(2)17(10-22)20(23-13(11)3)29-18-9-19(27)25(21(18)28)16-7-5-15(6-8-16)24-14(4)26/h5-8,18H,9H2,1-4H3,(H,24,26). The van der Waals surface area contributed by atoms with Crippen molar-refractivity contribution in [2.75, 3.05) is 10.2 Å². The fraction of sp³-hybridized carbons (Fsp3) is 0.286. The molecule has 148 valence electrons. The van der Waals surface area contributed by atoms with Crippen molar-refractivity contribution in [2.24, 2.45) is 0 Å². The number of carbonyl (C=O) groups is 3. The summed E-state index contributed by atoms with van der Waals surface area (Å²) in [4.78, 5) is 42.2. The molecule has 3 rings (SSSR count). The van der Waals surface area contributed by atoms with Gasteiger partial charge in [-0.3, -0.25) is 14.4 Å². The number of nitriles is 1.